The van der Waals surface area contributed by atoms with Crippen LogP contribution in [-0.4, -0.2) is 46.7 Å². The number of nitrogens with zero attached hydrogens (tertiary/aromatic N) is 3. The maximum atomic E-state index is 13.0. The molecule has 1 aliphatic rings. The Labute approximate surface area is 182 Å². The lowest BCUT2D eigenvalue weighted by Gasteiger charge is -2.31. The van der Waals surface area contributed by atoms with Gasteiger partial charge >= 0.3 is 0 Å². The Morgan fingerprint density at radius 1 is 1.17 bits per heavy atom. The van der Waals surface area contributed by atoms with Gasteiger partial charge in [-0.15, -0.1) is 11.8 Å². The van der Waals surface area contributed by atoms with Crippen LogP contribution < -0.4 is 4.74 Å². The van der Waals surface area contributed by atoms with E-state index in [1.165, 1.54) is 4.90 Å². The van der Waals surface area contributed by atoms with Gasteiger partial charge < -0.3 is 9.30 Å². The molecule has 2 aromatic carbocycles. The van der Waals surface area contributed by atoms with Gasteiger partial charge in [0, 0.05) is 41.0 Å². The van der Waals surface area contributed by atoms with Crippen molar-refractivity contribution in [1.82, 2.24) is 14.5 Å². The number of ether oxygens (including phenoxy) is 1. The second-order valence-corrected chi connectivity index (χ2v) is 8.46. The van der Waals surface area contributed by atoms with E-state index < -0.39 is 0 Å². The van der Waals surface area contributed by atoms with Crippen molar-refractivity contribution in [3.63, 3.8) is 0 Å². The minimum Gasteiger partial charge on any atom is -0.497 e. The highest BCUT2D eigenvalue weighted by Gasteiger charge is 2.27. The number of carbonyl (C=O) groups is 1. The molecule has 30 heavy (non-hydrogen) atoms. The fourth-order valence-electron chi connectivity index (χ4n) is 4.03. The summed E-state index contributed by atoms with van der Waals surface area (Å²) in [6.07, 6.45) is 7.84. The Morgan fingerprint density at radius 3 is 2.63 bits per heavy atom. The summed E-state index contributed by atoms with van der Waals surface area (Å²) in [5.41, 5.74) is 1.88. The maximum absolute atomic E-state index is 13.0. The Kier molecular flexibility index (Phi) is 6.55. The molecule has 0 N–H and O–H groups in total. The molecule has 0 spiro atoms. The highest BCUT2D eigenvalue weighted by Crippen LogP contribution is 2.24. The van der Waals surface area contributed by atoms with E-state index in [0.717, 1.165) is 55.3 Å². The molecule has 1 aliphatic heterocycles. The van der Waals surface area contributed by atoms with Crippen molar-refractivity contribution in [1.29, 1.82) is 0 Å². The summed E-state index contributed by atoms with van der Waals surface area (Å²) in [7, 11) is 1.67. The predicted molar refractivity (Wildman–Crippen MR) is 121 cm³/mol. The van der Waals surface area contributed by atoms with Gasteiger partial charge in [-0.3, -0.25) is 9.69 Å². The number of piperidine rings is 1. The van der Waals surface area contributed by atoms with Crippen LogP contribution >= 0.6 is 11.8 Å². The lowest BCUT2D eigenvalue weighted by atomic mass is 9.90. The molecule has 5 nitrogen and oxygen atoms in total. The van der Waals surface area contributed by atoms with Gasteiger partial charge in [0.05, 0.1) is 13.7 Å². The van der Waals surface area contributed by atoms with Gasteiger partial charge in [0.1, 0.15) is 11.6 Å². The maximum Gasteiger partial charge on any atom is 0.167 e. The molecule has 0 amide bonds. The third kappa shape index (κ3) is 4.60. The quantitative estimate of drug-likeness (QED) is 0.409. The van der Waals surface area contributed by atoms with Crippen molar-refractivity contribution in [2.75, 3.05) is 26.5 Å². The number of hydrogen-bond acceptors (Lipinski definition) is 5. The van der Waals surface area contributed by atoms with Crippen molar-refractivity contribution in [2.24, 2.45) is 5.92 Å². The molecule has 1 aromatic heterocycles. The van der Waals surface area contributed by atoms with Crippen LogP contribution in [0.25, 0.3) is 5.69 Å². The zero-order valence-corrected chi connectivity index (χ0v) is 18.3. The first kappa shape index (κ1) is 20.7. The fraction of sp³-hybridized carbons (Fsp3) is 0.333. The number of rotatable bonds is 7. The van der Waals surface area contributed by atoms with Gasteiger partial charge in [0.15, 0.2) is 5.78 Å². The SMILES string of the molecule is COc1ccc(-n2ccnc2CN2CCC[C@@H](C(=O)c3ccc(SC)cc3)C2)cc1. The summed E-state index contributed by atoms with van der Waals surface area (Å²) in [4.78, 5) is 21.1. The van der Waals surface area contributed by atoms with Gasteiger partial charge in [-0.2, -0.15) is 0 Å². The van der Waals surface area contributed by atoms with Crippen LogP contribution in [0.15, 0.2) is 65.8 Å². The topological polar surface area (TPSA) is 47.4 Å². The van der Waals surface area contributed by atoms with Crippen molar-refractivity contribution in [2.45, 2.75) is 24.3 Å². The molecule has 1 saturated heterocycles. The Bertz CT molecular complexity index is 982. The normalized spacial score (nSPS) is 17.1. The van der Waals surface area contributed by atoms with Crippen molar-refractivity contribution in [3.8, 4) is 11.4 Å². The molecule has 0 saturated carbocycles. The molecular formula is C24H27N3O2S. The van der Waals surface area contributed by atoms with E-state index in [1.54, 1.807) is 18.9 Å². The highest BCUT2D eigenvalue weighted by molar-refractivity contribution is 7.98. The van der Waals surface area contributed by atoms with Crippen LogP contribution in [0.4, 0.5) is 0 Å². The summed E-state index contributed by atoms with van der Waals surface area (Å²) in [5.74, 6) is 2.12. The minimum absolute atomic E-state index is 0.0447. The first-order valence-electron chi connectivity index (χ1n) is 10.2. The number of benzene rings is 2. The van der Waals surface area contributed by atoms with E-state index in [2.05, 4.69) is 14.5 Å². The Morgan fingerprint density at radius 2 is 1.93 bits per heavy atom. The molecule has 4 rings (SSSR count). The van der Waals surface area contributed by atoms with Gasteiger partial charge in [-0.05, 0) is 62.0 Å². The molecule has 2 heterocycles. The second kappa shape index (κ2) is 9.49. The molecule has 3 aromatic rings. The predicted octanol–water partition coefficient (Wildman–Crippen LogP) is 4.70. The smallest absolute Gasteiger partial charge is 0.167 e. The summed E-state index contributed by atoms with van der Waals surface area (Å²) in [6.45, 7) is 2.50. The van der Waals surface area contributed by atoms with E-state index >= 15 is 0 Å². The molecule has 0 aliphatic carbocycles. The fourth-order valence-corrected chi connectivity index (χ4v) is 4.44. The average Bonchev–Trinajstić information content (AvgIpc) is 3.27. The summed E-state index contributed by atoms with van der Waals surface area (Å²) in [5, 5.41) is 0. The molecule has 1 fully saturated rings. The monoisotopic (exact) mass is 421 g/mol. The molecular weight excluding hydrogens is 394 g/mol. The Balaban J connectivity index is 1.44. The van der Waals surface area contributed by atoms with Crippen LogP contribution in [0.3, 0.4) is 0 Å². The third-order valence-electron chi connectivity index (χ3n) is 5.68. The number of hydrogen-bond donors (Lipinski definition) is 0. The standard InChI is InChI=1S/C24H27N3O2S/c1-29-21-9-7-20(8-10-21)27-15-13-25-23(27)17-26-14-3-4-19(16-26)24(28)18-5-11-22(30-2)12-6-18/h5-13,15,19H,3-4,14,16-17H2,1-2H3/t19-/m1/s1. The lowest BCUT2D eigenvalue weighted by molar-refractivity contribution is 0.0808. The minimum atomic E-state index is 0.0447. The third-order valence-corrected chi connectivity index (χ3v) is 6.43. The molecule has 0 radical (unpaired) electrons. The zero-order valence-electron chi connectivity index (χ0n) is 17.5. The number of ketones is 1. The molecule has 1 atom stereocenters. The van der Waals surface area contributed by atoms with E-state index in [1.807, 2.05) is 67.2 Å². The van der Waals surface area contributed by atoms with Crippen LogP contribution in [0.2, 0.25) is 0 Å². The molecule has 6 heteroatoms. The number of methoxy groups -OCH3 is 1. The van der Waals surface area contributed by atoms with E-state index in [-0.39, 0.29) is 11.7 Å². The van der Waals surface area contributed by atoms with E-state index in [0.29, 0.717) is 0 Å². The Hall–Kier alpha value is -2.57. The van der Waals surface area contributed by atoms with E-state index in [4.69, 9.17) is 4.74 Å². The first-order chi connectivity index (χ1) is 14.7. The highest BCUT2D eigenvalue weighted by atomic mass is 32.2. The average molecular weight is 422 g/mol. The van der Waals surface area contributed by atoms with Crippen LogP contribution in [0, 0.1) is 5.92 Å². The number of carbonyl (C=O) groups excluding carboxylic acids is 1. The van der Waals surface area contributed by atoms with Gasteiger partial charge in [-0.25, -0.2) is 4.98 Å². The second-order valence-electron chi connectivity index (χ2n) is 7.58. The number of likely N-dealkylation sites (tertiary alicyclic amines) is 1. The van der Waals surface area contributed by atoms with E-state index in [9.17, 15) is 4.79 Å². The van der Waals surface area contributed by atoms with Crippen LogP contribution in [0.5, 0.6) is 5.75 Å². The van der Waals surface area contributed by atoms with Crippen molar-refractivity contribution in [3.05, 3.63) is 72.3 Å². The van der Waals surface area contributed by atoms with Crippen molar-refractivity contribution < 1.29 is 9.53 Å². The van der Waals surface area contributed by atoms with Gasteiger partial charge in [0.25, 0.3) is 0 Å². The number of aromatic nitrogens is 2. The summed E-state index contributed by atoms with van der Waals surface area (Å²) in [6, 6.07) is 16.0. The number of thioether (sulfide) groups is 1. The summed E-state index contributed by atoms with van der Waals surface area (Å²) < 4.78 is 7.36. The lowest BCUT2D eigenvalue weighted by Crippen LogP contribution is -2.38. The number of imidazole rings is 1. The summed E-state index contributed by atoms with van der Waals surface area (Å²) >= 11 is 1.69. The van der Waals surface area contributed by atoms with Gasteiger partial charge in [0.2, 0.25) is 0 Å². The van der Waals surface area contributed by atoms with Crippen LogP contribution in [0.1, 0.15) is 29.0 Å². The van der Waals surface area contributed by atoms with Crippen molar-refractivity contribution >= 4 is 17.5 Å². The number of Topliss-reactive ketones (excluding diaryl/α,β-unsaturated/α-hetero) is 1. The zero-order chi connectivity index (χ0) is 20.9. The molecule has 0 bridgehead atoms. The largest absolute Gasteiger partial charge is 0.497 e. The molecule has 0 unspecified atom stereocenters. The van der Waals surface area contributed by atoms with Gasteiger partial charge in [-0.1, -0.05) is 12.1 Å². The first-order valence-corrected chi connectivity index (χ1v) is 11.5. The molecule has 156 valence electrons. The van der Waals surface area contributed by atoms with Crippen LogP contribution in [-0.2, 0) is 6.54 Å².